The summed E-state index contributed by atoms with van der Waals surface area (Å²) in [5.74, 6) is -1.45. The van der Waals surface area contributed by atoms with Crippen LogP contribution >= 0.6 is 23.2 Å². The lowest BCUT2D eigenvalue weighted by atomic mass is 10.1. The van der Waals surface area contributed by atoms with Crippen molar-refractivity contribution in [1.29, 1.82) is 0 Å². The van der Waals surface area contributed by atoms with Gasteiger partial charge in [0.1, 0.15) is 11.4 Å². The van der Waals surface area contributed by atoms with Gasteiger partial charge in [0.05, 0.1) is 21.4 Å². The molecule has 3 heterocycles. The number of likely N-dealkylation sites (tertiary alicyclic amines) is 1. The van der Waals surface area contributed by atoms with Gasteiger partial charge in [-0.1, -0.05) is 35.7 Å². The average Bonchev–Trinajstić information content (AvgIpc) is 3.59. The van der Waals surface area contributed by atoms with Crippen molar-refractivity contribution < 1.29 is 19.2 Å². The van der Waals surface area contributed by atoms with Crippen molar-refractivity contribution in [3.63, 3.8) is 0 Å². The van der Waals surface area contributed by atoms with Crippen molar-refractivity contribution in [3.8, 4) is 0 Å². The molecule has 1 fully saturated rings. The number of benzene rings is 2. The zero-order valence-electron chi connectivity index (χ0n) is 25.5. The fourth-order valence-electron chi connectivity index (χ4n) is 5.30. The van der Waals surface area contributed by atoms with Gasteiger partial charge in [0.15, 0.2) is 0 Å². The number of aromatic nitrogens is 2. The third kappa shape index (κ3) is 8.16. The van der Waals surface area contributed by atoms with Crippen LogP contribution in [0.1, 0.15) is 61.0 Å². The third-order valence-electron chi connectivity index (χ3n) is 7.72. The highest BCUT2D eigenvalue weighted by Gasteiger charge is 2.18. The van der Waals surface area contributed by atoms with E-state index < -0.39 is 17.7 Å². The Hall–Kier alpha value is -4.58. The van der Waals surface area contributed by atoms with Gasteiger partial charge in [0.25, 0.3) is 23.6 Å². The molecule has 0 atom stereocenters. The van der Waals surface area contributed by atoms with Crippen molar-refractivity contribution in [1.82, 2.24) is 19.4 Å². The van der Waals surface area contributed by atoms with Crippen LogP contribution in [0.15, 0.2) is 67.0 Å². The Labute approximate surface area is 276 Å². The van der Waals surface area contributed by atoms with Gasteiger partial charge in [-0.05, 0) is 74.5 Å². The first-order valence-electron chi connectivity index (χ1n) is 14.9. The van der Waals surface area contributed by atoms with Crippen LogP contribution in [0.2, 0.25) is 10.0 Å². The van der Waals surface area contributed by atoms with Gasteiger partial charge in [-0.25, -0.2) is 0 Å². The topological polar surface area (TPSA) is 130 Å². The number of nitrogens with one attached hydrogen (secondary N) is 4. The number of anilines is 3. The molecule has 1 aliphatic rings. The fourth-order valence-corrected chi connectivity index (χ4v) is 5.60. The summed E-state index contributed by atoms with van der Waals surface area (Å²) in [6.07, 6.45) is 6.89. The highest BCUT2D eigenvalue weighted by molar-refractivity contribution is 6.42. The number of piperidine rings is 1. The molecule has 0 saturated carbocycles. The van der Waals surface area contributed by atoms with Gasteiger partial charge in [-0.3, -0.25) is 19.2 Å². The van der Waals surface area contributed by atoms with Crippen molar-refractivity contribution in [2.45, 2.75) is 19.3 Å². The van der Waals surface area contributed by atoms with E-state index in [-0.39, 0.29) is 16.6 Å². The van der Waals surface area contributed by atoms with Crippen molar-refractivity contribution >= 4 is 63.9 Å². The number of hydrogen-bond acceptors (Lipinski definition) is 5. The summed E-state index contributed by atoms with van der Waals surface area (Å²) in [4.78, 5) is 54.0. The molecule has 0 aliphatic carbocycles. The van der Waals surface area contributed by atoms with E-state index >= 15 is 0 Å². The number of aryl methyl sites for hydroxylation is 2. The van der Waals surface area contributed by atoms with Crippen LogP contribution in [-0.2, 0) is 14.1 Å². The third-order valence-corrected chi connectivity index (χ3v) is 8.46. The van der Waals surface area contributed by atoms with Crippen LogP contribution in [-0.4, -0.2) is 63.8 Å². The molecular weight excluding hydrogens is 629 g/mol. The number of rotatable bonds is 10. The van der Waals surface area contributed by atoms with Gasteiger partial charge < -0.3 is 35.3 Å². The van der Waals surface area contributed by atoms with Crippen molar-refractivity contribution in [2.75, 3.05) is 42.1 Å². The van der Waals surface area contributed by atoms with Crippen molar-refractivity contribution in [2.24, 2.45) is 14.1 Å². The van der Waals surface area contributed by atoms with E-state index in [2.05, 4.69) is 26.2 Å². The lowest BCUT2D eigenvalue weighted by Crippen LogP contribution is -2.37. The maximum atomic E-state index is 13.1. The molecule has 2 aromatic carbocycles. The molecule has 46 heavy (non-hydrogen) atoms. The van der Waals surface area contributed by atoms with Crippen molar-refractivity contribution in [3.05, 3.63) is 99.6 Å². The van der Waals surface area contributed by atoms with E-state index in [0.717, 1.165) is 19.6 Å². The van der Waals surface area contributed by atoms with E-state index in [9.17, 15) is 19.2 Å². The molecule has 240 valence electrons. The van der Waals surface area contributed by atoms with Crippen LogP contribution < -0.4 is 21.3 Å². The molecule has 2 aromatic heterocycles. The number of nitrogens with zero attached hydrogens (tertiary/aromatic N) is 3. The van der Waals surface area contributed by atoms with E-state index in [0.29, 0.717) is 45.5 Å². The second kappa shape index (κ2) is 14.7. The van der Waals surface area contributed by atoms with Crippen LogP contribution in [0.4, 0.5) is 17.1 Å². The highest BCUT2D eigenvalue weighted by Crippen LogP contribution is 2.24. The van der Waals surface area contributed by atoms with Gasteiger partial charge in [0.2, 0.25) is 0 Å². The molecule has 0 radical (unpaired) electrons. The van der Waals surface area contributed by atoms with Gasteiger partial charge in [0, 0.05) is 56.4 Å². The molecule has 11 nitrogen and oxygen atoms in total. The molecule has 4 aromatic rings. The first kappa shape index (κ1) is 32.8. The van der Waals surface area contributed by atoms with E-state index in [1.165, 1.54) is 37.5 Å². The Morgan fingerprint density at radius 3 is 1.87 bits per heavy atom. The lowest BCUT2D eigenvalue weighted by Gasteiger charge is -2.26. The summed E-state index contributed by atoms with van der Waals surface area (Å²) < 4.78 is 3.17. The fraction of sp³-hybridized carbons (Fsp3) is 0.273. The summed E-state index contributed by atoms with van der Waals surface area (Å²) in [6.45, 7) is 3.51. The largest absolute Gasteiger partial charge is 0.351 e. The maximum Gasteiger partial charge on any atom is 0.272 e. The minimum atomic E-state index is -0.436. The molecule has 0 unspecified atom stereocenters. The first-order valence-corrected chi connectivity index (χ1v) is 15.7. The molecule has 1 saturated heterocycles. The molecule has 0 spiro atoms. The quantitative estimate of drug-likeness (QED) is 0.174. The number of hydrogen-bond donors (Lipinski definition) is 4. The molecule has 5 rings (SSSR count). The Morgan fingerprint density at radius 1 is 0.652 bits per heavy atom. The first-order chi connectivity index (χ1) is 22.1. The summed E-state index contributed by atoms with van der Waals surface area (Å²) in [6, 6.07) is 14.4. The van der Waals surface area contributed by atoms with Gasteiger partial charge in [-0.2, -0.15) is 0 Å². The van der Waals surface area contributed by atoms with E-state index in [1.54, 1.807) is 72.0 Å². The van der Waals surface area contributed by atoms with Crippen LogP contribution in [0.5, 0.6) is 0 Å². The maximum absolute atomic E-state index is 13.1. The second-order valence-corrected chi connectivity index (χ2v) is 12.0. The number of carbonyl (C=O) groups excluding carboxylic acids is 4. The van der Waals surface area contributed by atoms with Crippen LogP contribution in [0.25, 0.3) is 0 Å². The Balaban J connectivity index is 1.17. The average molecular weight is 665 g/mol. The summed E-state index contributed by atoms with van der Waals surface area (Å²) >= 11 is 12.0. The highest BCUT2D eigenvalue weighted by atomic mass is 35.5. The van der Waals surface area contributed by atoms with Crippen LogP contribution in [0, 0.1) is 0 Å². The van der Waals surface area contributed by atoms with Gasteiger partial charge >= 0.3 is 0 Å². The molecule has 4 N–H and O–H groups in total. The van der Waals surface area contributed by atoms with Gasteiger partial charge in [-0.15, -0.1) is 0 Å². The Kier molecular flexibility index (Phi) is 10.5. The minimum Gasteiger partial charge on any atom is -0.351 e. The normalized spacial score (nSPS) is 13.2. The number of halogens is 2. The zero-order valence-corrected chi connectivity index (χ0v) is 27.0. The molecular formula is C33H35Cl2N7O4. The van der Waals surface area contributed by atoms with Crippen LogP contribution in [0.3, 0.4) is 0 Å². The molecule has 13 heteroatoms. The van der Waals surface area contributed by atoms with E-state index in [4.69, 9.17) is 23.2 Å². The standard InChI is InChI=1S/C33H35Cl2N7O4/c1-40-19-24(38-31(44)22-9-10-26(34)27(35)16-22)17-29(40)33(46)39-25-18-28(41(2)20-25)32(45)37-23-8-6-7-21(15-23)30(43)36-11-14-42-12-4-3-5-13-42/h6-10,15-20H,3-5,11-14H2,1-2H3,(H,36,43)(H,37,45)(H,38,44)(H,39,46). The Morgan fingerprint density at radius 2 is 1.24 bits per heavy atom. The lowest BCUT2D eigenvalue weighted by molar-refractivity contribution is 0.0944. The second-order valence-electron chi connectivity index (χ2n) is 11.2. The molecule has 1 aliphatic heterocycles. The minimum absolute atomic E-state index is 0.199. The predicted octanol–water partition coefficient (Wildman–Crippen LogP) is 5.64. The molecule has 0 bridgehead atoms. The SMILES string of the molecule is Cn1cc(NC(=O)c2ccc(Cl)c(Cl)c2)cc1C(=O)Nc1cc(C(=O)Nc2cccc(C(=O)NCCN3CCCCC3)c2)n(C)c1. The predicted molar refractivity (Wildman–Crippen MR) is 180 cm³/mol. The monoisotopic (exact) mass is 663 g/mol. The Bertz CT molecular complexity index is 1780. The number of carbonyl (C=O) groups is 4. The van der Waals surface area contributed by atoms with E-state index in [1.807, 2.05) is 0 Å². The zero-order chi connectivity index (χ0) is 32.8. The summed E-state index contributed by atoms with van der Waals surface area (Å²) in [7, 11) is 3.37. The summed E-state index contributed by atoms with van der Waals surface area (Å²) in [5, 5.41) is 11.9. The number of amides is 4. The smallest absolute Gasteiger partial charge is 0.272 e. The summed E-state index contributed by atoms with van der Waals surface area (Å²) in [5.41, 5.74) is 2.64. The molecule has 4 amide bonds.